The molecule has 0 spiro atoms. The standard InChI is InChI=1S/C20H31N3O3S/c1-16-7-6-10-22(14-16)15-20(24)21-18-9-8-17(2)19(13-18)27(25,26)23-11-4-3-5-12-23/h8-9,13,16H,3-7,10-12,14-15H2,1-2H3,(H,21,24)/p+1/t16-/m0/s1. The first-order valence-electron chi connectivity index (χ1n) is 10.1. The molecule has 2 heterocycles. The molecule has 2 N–H and O–H groups in total. The van der Waals surface area contributed by atoms with Gasteiger partial charge < -0.3 is 10.2 Å². The van der Waals surface area contributed by atoms with Gasteiger partial charge in [0.15, 0.2) is 6.54 Å². The smallest absolute Gasteiger partial charge is 0.279 e. The van der Waals surface area contributed by atoms with Crippen LogP contribution in [0.5, 0.6) is 0 Å². The number of rotatable bonds is 5. The molecule has 1 aromatic rings. The average Bonchev–Trinajstić information content (AvgIpc) is 2.64. The first kappa shape index (κ1) is 20.3. The van der Waals surface area contributed by atoms with Crippen molar-refractivity contribution in [3.63, 3.8) is 0 Å². The lowest BCUT2D eigenvalue weighted by molar-refractivity contribution is -0.900. The summed E-state index contributed by atoms with van der Waals surface area (Å²) in [5.41, 5.74) is 1.28. The van der Waals surface area contributed by atoms with Gasteiger partial charge in [-0.1, -0.05) is 19.4 Å². The third-order valence-electron chi connectivity index (χ3n) is 5.68. The van der Waals surface area contributed by atoms with E-state index in [-0.39, 0.29) is 5.91 Å². The normalized spacial score (nSPS) is 24.5. The van der Waals surface area contributed by atoms with Crippen LogP contribution in [0, 0.1) is 12.8 Å². The van der Waals surface area contributed by atoms with Crippen molar-refractivity contribution in [3.8, 4) is 0 Å². The van der Waals surface area contributed by atoms with E-state index in [0.29, 0.717) is 41.7 Å². The molecule has 2 aliphatic heterocycles. The number of piperidine rings is 2. The minimum absolute atomic E-state index is 0.0516. The quantitative estimate of drug-likeness (QED) is 0.794. The molecule has 6 nitrogen and oxygen atoms in total. The molecule has 27 heavy (non-hydrogen) atoms. The number of benzene rings is 1. The van der Waals surface area contributed by atoms with E-state index in [0.717, 1.165) is 38.8 Å². The Bertz CT molecular complexity index is 773. The fraction of sp³-hybridized carbons (Fsp3) is 0.650. The molecule has 0 saturated carbocycles. The van der Waals surface area contributed by atoms with Crippen LogP contribution < -0.4 is 10.2 Å². The Morgan fingerprint density at radius 2 is 1.96 bits per heavy atom. The van der Waals surface area contributed by atoms with Gasteiger partial charge in [0.25, 0.3) is 5.91 Å². The van der Waals surface area contributed by atoms with Gasteiger partial charge in [-0.15, -0.1) is 0 Å². The molecule has 0 bridgehead atoms. The summed E-state index contributed by atoms with van der Waals surface area (Å²) in [5.74, 6) is 0.603. The highest BCUT2D eigenvalue weighted by Gasteiger charge is 2.28. The van der Waals surface area contributed by atoms with E-state index in [9.17, 15) is 13.2 Å². The van der Waals surface area contributed by atoms with Crippen LogP contribution in [0.2, 0.25) is 0 Å². The lowest BCUT2D eigenvalue weighted by Gasteiger charge is -2.27. The Morgan fingerprint density at radius 3 is 2.67 bits per heavy atom. The third-order valence-corrected chi connectivity index (χ3v) is 7.72. The minimum Gasteiger partial charge on any atom is -0.327 e. The Balaban J connectivity index is 1.70. The monoisotopic (exact) mass is 394 g/mol. The zero-order chi connectivity index (χ0) is 19.4. The van der Waals surface area contributed by atoms with E-state index in [1.807, 2.05) is 6.92 Å². The lowest BCUT2D eigenvalue weighted by Crippen LogP contribution is -3.14. The lowest BCUT2D eigenvalue weighted by atomic mass is 10.0. The molecule has 2 aliphatic rings. The van der Waals surface area contributed by atoms with Gasteiger partial charge in [0.1, 0.15) is 0 Å². The Kier molecular flexibility index (Phi) is 6.55. The summed E-state index contributed by atoms with van der Waals surface area (Å²) in [6.45, 7) is 7.68. The molecule has 1 aromatic carbocycles. The zero-order valence-electron chi connectivity index (χ0n) is 16.5. The molecular formula is C20H32N3O3S+. The number of nitrogens with zero attached hydrogens (tertiary/aromatic N) is 1. The van der Waals surface area contributed by atoms with Crippen molar-refractivity contribution in [2.24, 2.45) is 5.92 Å². The van der Waals surface area contributed by atoms with E-state index in [1.54, 1.807) is 22.5 Å². The predicted molar refractivity (Wildman–Crippen MR) is 106 cm³/mol. The van der Waals surface area contributed by atoms with Crippen LogP contribution in [-0.2, 0) is 14.8 Å². The topological polar surface area (TPSA) is 70.9 Å². The van der Waals surface area contributed by atoms with Gasteiger partial charge >= 0.3 is 0 Å². The van der Waals surface area contributed by atoms with Crippen molar-refractivity contribution in [1.29, 1.82) is 0 Å². The van der Waals surface area contributed by atoms with Crippen LogP contribution in [0.3, 0.4) is 0 Å². The van der Waals surface area contributed by atoms with Gasteiger partial charge in [0.05, 0.1) is 18.0 Å². The Hall–Kier alpha value is -1.44. The van der Waals surface area contributed by atoms with Gasteiger partial charge in [-0.2, -0.15) is 4.31 Å². The molecule has 0 aromatic heterocycles. The van der Waals surface area contributed by atoms with Gasteiger partial charge in [0.2, 0.25) is 10.0 Å². The molecule has 150 valence electrons. The number of hydrogen-bond acceptors (Lipinski definition) is 3. The maximum absolute atomic E-state index is 13.0. The second kappa shape index (κ2) is 8.71. The Morgan fingerprint density at radius 1 is 1.22 bits per heavy atom. The SMILES string of the molecule is Cc1ccc(NC(=O)C[NH+]2CCC[C@H](C)C2)cc1S(=O)(=O)N1CCCCC1. The van der Waals surface area contributed by atoms with Crippen molar-refractivity contribution in [1.82, 2.24) is 4.31 Å². The van der Waals surface area contributed by atoms with E-state index < -0.39 is 10.0 Å². The molecule has 7 heteroatoms. The molecule has 2 saturated heterocycles. The maximum Gasteiger partial charge on any atom is 0.279 e. The molecule has 2 fully saturated rings. The molecule has 0 aliphatic carbocycles. The van der Waals surface area contributed by atoms with Crippen LogP contribution in [0.15, 0.2) is 23.1 Å². The molecule has 0 radical (unpaired) electrons. The molecule has 2 atom stereocenters. The fourth-order valence-corrected chi connectivity index (χ4v) is 5.96. The number of carbonyl (C=O) groups is 1. The maximum atomic E-state index is 13.0. The number of sulfonamides is 1. The minimum atomic E-state index is -3.51. The van der Waals surface area contributed by atoms with Gasteiger partial charge in [-0.25, -0.2) is 8.42 Å². The van der Waals surface area contributed by atoms with Crippen LogP contribution in [-0.4, -0.2) is 51.4 Å². The van der Waals surface area contributed by atoms with Crippen LogP contribution in [0.4, 0.5) is 5.69 Å². The van der Waals surface area contributed by atoms with Crippen LogP contribution in [0.1, 0.15) is 44.6 Å². The van der Waals surface area contributed by atoms with E-state index >= 15 is 0 Å². The predicted octanol–water partition coefficient (Wildman–Crippen LogP) is 1.42. The number of hydrogen-bond donors (Lipinski definition) is 2. The summed E-state index contributed by atoms with van der Waals surface area (Å²) >= 11 is 0. The highest BCUT2D eigenvalue weighted by Crippen LogP contribution is 2.26. The number of amides is 1. The second-order valence-electron chi connectivity index (χ2n) is 8.12. The summed E-state index contributed by atoms with van der Waals surface area (Å²) in [6, 6.07) is 5.18. The highest BCUT2D eigenvalue weighted by molar-refractivity contribution is 7.89. The number of likely N-dealkylation sites (tertiary alicyclic amines) is 1. The van der Waals surface area contributed by atoms with Crippen molar-refractivity contribution >= 4 is 21.6 Å². The fourth-order valence-electron chi connectivity index (χ4n) is 4.19. The van der Waals surface area contributed by atoms with Gasteiger partial charge in [0, 0.05) is 24.7 Å². The molecule has 1 amide bonds. The van der Waals surface area contributed by atoms with Gasteiger partial charge in [-0.3, -0.25) is 4.79 Å². The van der Waals surface area contributed by atoms with E-state index in [4.69, 9.17) is 0 Å². The van der Waals surface area contributed by atoms with Crippen molar-refractivity contribution in [2.45, 2.75) is 50.8 Å². The number of quaternary nitrogens is 1. The summed E-state index contributed by atoms with van der Waals surface area (Å²) in [7, 11) is -3.51. The van der Waals surface area contributed by atoms with Crippen LogP contribution in [0.25, 0.3) is 0 Å². The van der Waals surface area contributed by atoms with E-state index in [2.05, 4.69) is 12.2 Å². The summed E-state index contributed by atoms with van der Waals surface area (Å²) in [5, 5.41) is 2.90. The largest absolute Gasteiger partial charge is 0.327 e. The van der Waals surface area contributed by atoms with E-state index in [1.165, 1.54) is 11.3 Å². The molecular weight excluding hydrogens is 362 g/mol. The molecule has 3 rings (SSSR count). The van der Waals surface area contributed by atoms with Crippen LogP contribution >= 0.6 is 0 Å². The second-order valence-corrected chi connectivity index (χ2v) is 10.0. The number of carbonyl (C=O) groups excluding carboxylic acids is 1. The third kappa shape index (κ3) is 5.09. The summed E-state index contributed by atoms with van der Waals surface area (Å²) in [6.07, 6.45) is 5.30. The zero-order valence-corrected chi connectivity index (χ0v) is 17.3. The Labute approximate surface area is 163 Å². The van der Waals surface area contributed by atoms with Crippen molar-refractivity contribution in [2.75, 3.05) is 38.0 Å². The summed E-state index contributed by atoms with van der Waals surface area (Å²) in [4.78, 5) is 14.1. The first-order valence-corrected chi connectivity index (χ1v) is 11.5. The summed E-state index contributed by atoms with van der Waals surface area (Å²) < 4.78 is 27.6. The number of anilines is 1. The highest BCUT2D eigenvalue weighted by atomic mass is 32.2. The first-order chi connectivity index (χ1) is 12.9. The number of aryl methyl sites for hydroxylation is 1. The molecule has 1 unspecified atom stereocenters. The number of nitrogens with one attached hydrogen (secondary N) is 2. The average molecular weight is 395 g/mol. The van der Waals surface area contributed by atoms with Crippen molar-refractivity contribution in [3.05, 3.63) is 23.8 Å². The van der Waals surface area contributed by atoms with Crippen molar-refractivity contribution < 1.29 is 18.1 Å². The van der Waals surface area contributed by atoms with Gasteiger partial charge in [-0.05, 0) is 50.3 Å².